The summed E-state index contributed by atoms with van der Waals surface area (Å²) in [7, 11) is 1.98. The summed E-state index contributed by atoms with van der Waals surface area (Å²) in [6.45, 7) is 0. The second-order valence-corrected chi connectivity index (χ2v) is 3.88. The van der Waals surface area contributed by atoms with Crippen molar-refractivity contribution in [3.05, 3.63) is 33.5 Å². The Morgan fingerprint density at radius 2 is 2.08 bits per heavy atom. The molecule has 0 aliphatic heterocycles. The molecule has 13 heavy (non-hydrogen) atoms. The summed E-state index contributed by atoms with van der Waals surface area (Å²) in [6, 6.07) is 10.2. The number of halogens is 1. The predicted octanol–water partition coefficient (Wildman–Crippen LogP) is 2.65. The Balaban J connectivity index is 3.00. The number of hydrogen-bond acceptors (Lipinski definition) is 1. The predicted molar refractivity (Wildman–Crippen MR) is 60.4 cm³/mol. The van der Waals surface area contributed by atoms with Crippen LogP contribution in [0.25, 0.3) is 10.9 Å². The number of nitrogens with zero attached hydrogens (tertiary/aromatic N) is 2. The molecule has 0 N–H and O–H groups in total. The molecular weight excluding hydrogens is 275 g/mol. The molecule has 0 amide bonds. The molecule has 2 nitrogen and oxygen atoms in total. The summed E-state index contributed by atoms with van der Waals surface area (Å²) >= 11 is 2.20. The van der Waals surface area contributed by atoms with E-state index >= 15 is 0 Å². The Hall–Kier alpha value is -1.02. The summed E-state index contributed by atoms with van der Waals surface area (Å²) in [5.74, 6) is 0. The van der Waals surface area contributed by atoms with Crippen LogP contribution >= 0.6 is 22.6 Å². The molecule has 3 heteroatoms. The summed E-state index contributed by atoms with van der Waals surface area (Å²) in [4.78, 5) is 0. The van der Waals surface area contributed by atoms with Gasteiger partial charge >= 0.3 is 0 Å². The third-order valence-corrected chi connectivity index (χ3v) is 3.41. The normalized spacial score (nSPS) is 10.2. The van der Waals surface area contributed by atoms with E-state index < -0.39 is 0 Å². The highest BCUT2D eigenvalue weighted by molar-refractivity contribution is 14.1. The number of benzene rings is 1. The Labute approximate surface area is 89.9 Å². The van der Waals surface area contributed by atoms with E-state index in [1.165, 1.54) is 0 Å². The van der Waals surface area contributed by atoms with Gasteiger partial charge in [-0.1, -0.05) is 18.2 Å². The molecule has 0 saturated heterocycles. The molecule has 0 bridgehead atoms. The Morgan fingerprint density at radius 3 is 2.77 bits per heavy atom. The fourth-order valence-corrected chi connectivity index (χ4v) is 2.14. The molecule has 2 aromatic rings. The van der Waals surface area contributed by atoms with Crippen LogP contribution in [-0.4, -0.2) is 4.57 Å². The topological polar surface area (TPSA) is 28.7 Å². The molecule has 0 aliphatic rings. The minimum Gasteiger partial charge on any atom is -0.338 e. The van der Waals surface area contributed by atoms with E-state index in [2.05, 4.69) is 28.7 Å². The lowest BCUT2D eigenvalue weighted by Gasteiger charge is -1.94. The molecule has 64 valence electrons. The van der Waals surface area contributed by atoms with Gasteiger partial charge in [-0.2, -0.15) is 5.26 Å². The Bertz CT molecular complexity index is 505. The maximum atomic E-state index is 8.96. The van der Waals surface area contributed by atoms with E-state index in [9.17, 15) is 0 Å². The van der Waals surface area contributed by atoms with Gasteiger partial charge in [0.15, 0.2) is 0 Å². The van der Waals surface area contributed by atoms with Crippen molar-refractivity contribution in [3.63, 3.8) is 0 Å². The van der Waals surface area contributed by atoms with Crippen LogP contribution in [0.2, 0.25) is 0 Å². The molecule has 1 aromatic heterocycles. The van der Waals surface area contributed by atoms with Gasteiger partial charge in [0, 0.05) is 18.0 Å². The van der Waals surface area contributed by atoms with Gasteiger partial charge in [-0.15, -0.1) is 0 Å². The fourth-order valence-electron chi connectivity index (χ4n) is 1.47. The van der Waals surface area contributed by atoms with Crippen LogP contribution in [0.5, 0.6) is 0 Å². The molecule has 0 spiro atoms. The van der Waals surface area contributed by atoms with Crippen molar-refractivity contribution < 1.29 is 0 Å². The molecule has 0 aliphatic carbocycles. The Kier molecular flexibility index (Phi) is 2.00. The van der Waals surface area contributed by atoms with E-state index in [-0.39, 0.29) is 0 Å². The molecule has 0 saturated carbocycles. The van der Waals surface area contributed by atoms with Gasteiger partial charge in [0.25, 0.3) is 0 Å². The van der Waals surface area contributed by atoms with Crippen LogP contribution in [0.4, 0.5) is 0 Å². The lowest BCUT2D eigenvalue weighted by molar-refractivity contribution is 0.935. The first kappa shape index (κ1) is 8.57. The van der Waals surface area contributed by atoms with Crippen LogP contribution in [0.1, 0.15) is 5.56 Å². The van der Waals surface area contributed by atoms with E-state index in [1.807, 2.05) is 35.9 Å². The van der Waals surface area contributed by atoms with Gasteiger partial charge in [-0.05, 0) is 28.7 Å². The Morgan fingerprint density at radius 1 is 1.38 bits per heavy atom. The number of aromatic nitrogens is 1. The first-order valence-corrected chi connectivity index (χ1v) is 4.96. The first-order valence-electron chi connectivity index (χ1n) is 3.88. The molecule has 2 rings (SSSR count). The van der Waals surface area contributed by atoms with Gasteiger partial charge in [0.05, 0.1) is 9.26 Å². The van der Waals surface area contributed by atoms with Crippen LogP contribution in [-0.2, 0) is 7.05 Å². The summed E-state index contributed by atoms with van der Waals surface area (Å²) in [6.07, 6.45) is 0. The van der Waals surface area contributed by atoms with Gasteiger partial charge in [0.1, 0.15) is 6.07 Å². The number of para-hydroxylation sites is 1. The zero-order chi connectivity index (χ0) is 9.42. The van der Waals surface area contributed by atoms with Gasteiger partial charge in [-0.3, -0.25) is 0 Å². The number of rotatable bonds is 0. The maximum Gasteiger partial charge on any atom is 0.103 e. The van der Waals surface area contributed by atoms with E-state index in [0.717, 1.165) is 20.2 Å². The number of hydrogen-bond donors (Lipinski definition) is 0. The third-order valence-electron chi connectivity index (χ3n) is 2.15. The molecule has 1 aromatic carbocycles. The average molecular weight is 282 g/mol. The van der Waals surface area contributed by atoms with Crippen molar-refractivity contribution in [2.45, 2.75) is 0 Å². The zero-order valence-corrected chi connectivity index (χ0v) is 9.24. The highest BCUT2D eigenvalue weighted by Crippen LogP contribution is 2.25. The summed E-state index contributed by atoms with van der Waals surface area (Å²) in [5, 5.41) is 10.0. The molecule has 0 radical (unpaired) electrons. The second kappa shape index (κ2) is 3.04. The summed E-state index contributed by atoms with van der Waals surface area (Å²) in [5.41, 5.74) is 1.89. The van der Waals surface area contributed by atoms with Crippen LogP contribution in [0, 0.1) is 15.0 Å². The molecule has 1 heterocycles. The van der Waals surface area contributed by atoms with Crippen molar-refractivity contribution in [1.82, 2.24) is 4.57 Å². The third kappa shape index (κ3) is 1.13. The second-order valence-electron chi connectivity index (χ2n) is 2.85. The zero-order valence-electron chi connectivity index (χ0n) is 7.08. The standard InChI is InChI=1S/C10H7IN2/c1-13-9-5-3-2-4-7(9)8(6-12)10(13)11/h2-5H,1H3. The maximum absolute atomic E-state index is 8.96. The minimum atomic E-state index is 0.777. The number of aryl methyl sites for hydroxylation is 1. The smallest absolute Gasteiger partial charge is 0.103 e. The molecule has 0 atom stereocenters. The van der Waals surface area contributed by atoms with Gasteiger partial charge in [0.2, 0.25) is 0 Å². The van der Waals surface area contributed by atoms with Crippen molar-refractivity contribution in [1.29, 1.82) is 5.26 Å². The first-order chi connectivity index (χ1) is 6.25. The molecular formula is C10H7IN2. The van der Waals surface area contributed by atoms with E-state index in [1.54, 1.807) is 0 Å². The van der Waals surface area contributed by atoms with E-state index in [4.69, 9.17) is 5.26 Å². The highest BCUT2D eigenvalue weighted by Gasteiger charge is 2.10. The quantitative estimate of drug-likeness (QED) is 0.683. The lowest BCUT2D eigenvalue weighted by atomic mass is 10.2. The lowest BCUT2D eigenvalue weighted by Crippen LogP contribution is -1.89. The minimum absolute atomic E-state index is 0.777. The van der Waals surface area contributed by atoms with Gasteiger partial charge < -0.3 is 4.57 Å². The monoisotopic (exact) mass is 282 g/mol. The van der Waals surface area contributed by atoms with Crippen LogP contribution in [0.15, 0.2) is 24.3 Å². The molecule has 0 fully saturated rings. The average Bonchev–Trinajstić information content (AvgIpc) is 2.41. The number of fused-ring (bicyclic) bond motifs is 1. The van der Waals surface area contributed by atoms with Crippen molar-refractivity contribution in [3.8, 4) is 6.07 Å². The van der Waals surface area contributed by atoms with Crippen LogP contribution < -0.4 is 0 Å². The van der Waals surface area contributed by atoms with E-state index in [0.29, 0.717) is 0 Å². The number of nitriles is 1. The SMILES string of the molecule is Cn1c(I)c(C#N)c2ccccc21. The summed E-state index contributed by atoms with van der Waals surface area (Å²) < 4.78 is 3.04. The fraction of sp³-hybridized carbons (Fsp3) is 0.100. The van der Waals surface area contributed by atoms with Crippen molar-refractivity contribution >= 4 is 33.5 Å². The van der Waals surface area contributed by atoms with Crippen molar-refractivity contribution in [2.24, 2.45) is 7.05 Å². The highest BCUT2D eigenvalue weighted by atomic mass is 127. The van der Waals surface area contributed by atoms with Crippen molar-refractivity contribution in [2.75, 3.05) is 0 Å². The van der Waals surface area contributed by atoms with Gasteiger partial charge in [-0.25, -0.2) is 0 Å². The molecule has 0 unspecified atom stereocenters. The van der Waals surface area contributed by atoms with Crippen LogP contribution in [0.3, 0.4) is 0 Å². The largest absolute Gasteiger partial charge is 0.338 e.